The summed E-state index contributed by atoms with van der Waals surface area (Å²) in [6, 6.07) is 5.15. The monoisotopic (exact) mass is 344 g/mol. The number of aromatic nitrogens is 1. The topological polar surface area (TPSA) is 89.7 Å². The van der Waals surface area contributed by atoms with Gasteiger partial charge in [0.25, 0.3) is 5.91 Å². The number of carbonyl (C=O) groups is 2. The summed E-state index contributed by atoms with van der Waals surface area (Å²) in [6.45, 7) is 7.18. The van der Waals surface area contributed by atoms with E-state index < -0.39 is 5.97 Å². The van der Waals surface area contributed by atoms with Crippen molar-refractivity contribution in [3.8, 4) is 11.5 Å². The summed E-state index contributed by atoms with van der Waals surface area (Å²) in [4.78, 5) is 27.8. The molecule has 1 aromatic carbocycles. The molecule has 1 aliphatic heterocycles. The highest BCUT2D eigenvalue weighted by atomic mass is 16.7. The van der Waals surface area contributed by atoms with E-state index in [2.05, 4.69) is 10.3 Å². The molecule has 0 radical (unpaired) electrons. The molecule has 0 aliphatic carbocycles. The summed E-state index contributed by atoms with van der Waals surface area (Å²) in [5, 5.41) is 2.79. The minimum Gasteiger partial charge on any atom is -0.459 e. The number of anilines is 1. The lowest BCUT2D eigenvalue weighted by atomic mass is 10.1. The maximum Gasteiger partial charge on any atom is 0.340 e. The lowest BCUT2D eigenvalue weighted by molar-refractivity contribution is 0.0376. The van der Waals surface area contributed by atoms with Gasteiger partial charge in [0.05, 0.1) is 11.7 Å². The van der Waals surface area contributed by atoms with Crippen LogP contribution in [0.25, 0.3) is 0 Å². The van der Waals surface area contributed by atoms with Gasteiger partial charge < -0.3 is 24.5 Å². The third kappa shape index (κ3) is 3.31. The number of H-pyrrole nitrogens is 1. The average molecular weight is 344 g/mol. The summed E-state index contributed by atoms with van der Waals surface area (Å²) in [6.07, 6.45) is -0.230. The van der Waals surface area contributed by atoms with Crippen molar-refractivity contribution in [3.05, 3.63) is 40.7 Å². The number of fused-ring (bicyclic) bond motifs is 1. The zero-order valence-electron chi connectivity index (χ0n) is 14.6. The molecule has 0 spiro atoms. The second-order valence-corrected chi connectivity index (χ2v) is 6.10. The van der Waals surface area contributed by atoms with Gasteiger partial charge in [-0.25, -0.2) is 4.79 Å². The number of ether oxygens (including phenoxy) is 3. The van der Waals surface area contributed by atoms with Crippen LogP contribution >= 0.6 is 0 Å². The quantitative estimate of drug-likeness (QED) is 0.832. The zero-order valence-corrected chi connectivity index (χ0v) is 14.6. The summed E-state index contributed by atoms with van der Waals surface area (Å²) in [7, 11) is 0. The Morgan fingerprint density at radius 3 is 2.64 bits per heavy atom. The first-order valence-corrected chi connectivity index (χ1v) is 7.98. The van der Waals surface area contributed by atoms with Crippen LogP contribution in [0.3, 0.4) is 0 Å². The molecule has 7 nitrogen and oxygen atoms in total. The van der Waals surface area contributed by atoms with E-state index in [1.165, 1.54) is 0 Å². The molecule has 7 heteroatoms. The third-order valence-electron chi connectivity index (χ3n) is 3.84. The van der Waals surface area contributed by atoms with Crippen molar-refractivity contribution >= 4 is 17.6 Å². The number of rotatable bonds is 4. The first kappa shape index (κ1) is 16.9. The van der Waals surface area contributed by atoms with Gasteiger partial charge in [0, 0.05) is 17.4 Å². The first-order chi connectivity index (χ1) is 11.9. The summed E-state index contributed by atoms with van der Waals surface area (Å²) in [5.41, 5.74) is 2.45. The van der Waals surface area contributed by atoms with Crippen LogP contribution in [-0.2, 0) is 4.74 Å². The van der Waals surface area contributed by atoms with E-state index in [4.69, 9.17) is 14.2 Å². The second kappa shape index (κ2) is 6.51. The molecule has 0 saturated carbocycles. The number of nitrogens with one attached hydrogen (secondary N) is 2. The van der Waals surface area contributed by atoms with E-state index in [1.54, 1.807) is 45.9 Å². The number of amides is 1. The number of benzene rings is 1. The SMILES string of the molecule is Cc1[nH]c(C(=O)Nc2ccc3c(c2)OCO3)c(C)c1C(=O)OC(C)C. The van der Waals surface area contributed by atoms with Gasteiger partial charge in [-0.05, 0) is 45.4 Å². The van der Waals surface area contributed by atoms with Crippen molar-refractivity contribution in [2.24, 2.45) is 0 Å². The van der Waals surface area contributed by atoms with Crippen LogP contribution in [0.2, 0.25) is 0 Å². The molecule has 0 fully saturated rings. The van der Waals surface area contributed by atoms with Crippen LogP contribution in [0.5, 0.6) is 11.5 Å². The number of esters is 1. The maximum atomic E-state index is 12.6. The van der Waals surface area contributed by atoms with Gasteiger partial charge in [0.1, 0.15) is 5.69 Å². The van der Waals surface area contributed by atoms with Gasteiger partial charge in [-0.1, -0.05) is 0 Å². The number of aromatic amines is 1. The Morgan fingerprint density at radius 1 is 1.20 bits per heavy atom. The Morgan fingerprint density at radius 2 is 1.92 bits per heavy atom. The fourth-order valence-electron chi connectivity index (χ4n) is 2.72. The minimum atomic E-state index is -0.441. The molecule has 25 heavy (non-hydrogen) atoms. The van der Waals surface area contributed by atoms with Crippen LogP contribution in [0.4, 0.5) is 5.69 Å². The Bertz CT molecular complexity index is 838. The molecule has 2 heterocycles. The largest absolute Gasteiger partial charge is 0.459 e. The molecule has 3 rings (SSSR count). The Labute approximate surface area is 145 Å². The molecule has 1 amide bonds. The van der Waals surface area contributed by atoms with E-state index in [0.29, 0.717) is 39.7 Å². The fourth-order valence-corrected chi connectivity index (χ4v) is 2.72. The second-order valence-electron chi connectivity index (χ2n) is 6.10. The van der Waals surface area contributed by atoms with Gasteiger partial charge in [-0.15, -0.1) is 0 Å². The Hall–Kier alpha value is -2.96. The van der Waals surface area contributed by atoms with Crippen molar-refractivity contribution in [2.75, 3.05) is 12.1 Å². The molecule has 0 saturated heterocycles. The molecule has 1 aliphatic rings. The smallest absolute Gasteiger partial charge is 0.340 e. The molecule has 132 valence electrons. The highest BCUT2D eigenvalue weighted by Crippen LogP contribution is 2.34. The molecular formula is C18H20N2O5. The standard InChI is InChI=1S/C18H20N2O5/c1-9(2)25-18(22)15-10(3)16(19-11(15)4)17(21)20-12-5-6-13-14(7-12)24-8-23-13/h5-7,9,19H,8H2,1-4H3,(H,20,21). The van der Waals surface area contributed by atoms with E-state index in [0.717, 1.165) is 0 Å². The summed E-state index contributed by atoms with van der Waals surface area (Å²) < 4.78 is 15.8. The highest BCUT2D eigenvalue weighted by Gasteiger charge is 2.24. The Balaban J connectivity index is 1.82. The number of hydrogen-bond donors (Lipinski definition) is 2. The lowest BCUT2D eigenvalue weighted by Crippen LogP contribution is -2.15. The molecule has 1 aromatic heterocycles. The maximum absolute atomic E-state index is 12.6. The zero-order chi connectivity index (χ0) is 18.1. The summed E-state index contributed by atoms with van der Waals surface area (Å²) >= 11 is 0. The predicted molar refractivity (Wildman–Crippen MR) is 91.3 cm³/mol. The van der Waals surface area contributed by atoms with Crippen molar-refractivity contribution in [3.63, 3.8) is 0 Å². The fraction of sp³-hybridized carbons (Fsp3) is 0.333. The molecule has 0 atom stereocenters. The molecule has 0 bridgehead atoms. The number of carbonyl (C=O) groups excluding carboxylic acids is 2. The van der Waals surface area contributed by atoms with Gasteiger partial charge >= 0.3 is 5.97 Å². The molecule has 2 N–H and O–H groups in total. The van der Waals surface area contributed by atoms with Crippen molar-refractivity contribution < 1.29 is 23.8 Å². The van der Waals surface area contributed by atoms with E-state index in [9.17, 15) is 9.59 Å². The molecule has 0 unspecified atom stereocenters. The first-order valence-electron chi connectivity index (χ1n) is 7.98. The number of hydrogen-bond acceptors (Lipinski definition) is 5. The van der Waals surface area contributed by atoms with Crippen molar-refractivity contribution in [2.45, 2.75) is 33.8 Å². The minimum absolute atomic E-state index is 0.170. The van der Waals surface area contributed by atoms with Crippen molar-refractivity contribution in [1.82, 2.24) is 4.98 Å². The Kier molecular flexibility index (Phi) is 4.39. The van der Waals surface area contributed by atoms with Crippen LogP contribution in [0, 0.1) is 13.8 Å². The van der Waals surface area contributed by atoms with Crippen LogP contribution in [-0.4, -0.2) is 29.8 Å². The van der Waals surface area contributed by atoms with Gasteiger partial charge in [0.15, 0.2) is 11.5 Å². The van der Waals surface area contributed by atoms with Gasteiger partial charge in [-0.2, -0.15) is 0 Å². The highest BCUT2D eigenvalue weighted by molar-refractivity contribution is 6.07. The van der Waals surface area contributed by atoms with E-state index in [1.807, 2.05) is 0 Å². The molecular weight excluding hydrogens is 324 g/mol. The normalized spacial score (nSPS) is 12.4. The summed E-state index contributed by atoms with van der Waals surface area (Å²) in [5.74, 6) is 0.438. The third-order valence-corrected chi connectivity index (χ3v) is 3.84. The average Bonchev–Trinajstić information content (AvgIpc) is 3.10. The molecule has 2 aromatic rings. The number of aryl methyl sites for hydroxylation is 1. The lowest BCUT2D eigenvalue weighted by Gasteiger charge is -2.08. The van der Waals surface area contributed by atoms with Gasteiger partial charge in [-0.3, -0.25) is 4.79 Å². The van der Waals surface area contributed by atoms with Gasteiger partial charge in [0.2, 0.25) is 6.79 Å². The van der Waals surface area contributed by atoms with E-state index in [-0.39, 0.29) is 18.8 Å². The predicted octanol–water partition coefficient (Wildman–Crippen LogP) is 3.18. The van der Waals surface area contributed by atoms with Crippen LogP contribution in [0.1, 0.15) is 46.0 Å². The van der Waals surface area contributed by atoms with Crippen molar-refractivity contribution in [1.29, 1.82) is 0 Å². The van der Waals surface area contributed by atoms with E-state index >= 15 is 0 Å². The van der Waals surface area contributed by atoms with Crippen LogP contribution < -0.4 is 14.8 Å². The van der Waals surface area contributed by atoms with Crippen LogP contribution in [0.15, 0.2) is 18.2 Å².